The summed E-state index contributed by atoms with van der Waals surface area (Å²) in [7, 11) is 0. The number of nitrogens with zero attached hydrogens (tertiary/aromatic N) is 7. The number of fused-ring (bicyclic) bond motifs is 14. The highest BCUT2D eigenvalue weighted by Gasteiger charge is 2.48. The van der Waals surface area contributed by atoms with Gasteiger partial charge < -0.3 is 9.47 Å². The molecular formula is C95H89N7O2S. The Morgan fingerprint density at radius 3 is 1.46 bits per heavy atom. The summed E-state index contributed by atoms with van der Waals surface area (Å²) in [4.78, 5) is 19.9. The highest BCUT2D eigenvalue weighted by molar-refractivity contribution is 7.24. The zero-order valence-corrected chi connectivity index (χ0v) is 61.5. The van der Waals surface area contributed by atoms with Crippen molar-refractivity contribution in [3.05, 3.63) is 280 Å². The quantitative estimate of drug-likeness (QED) is 0.158. The van der Waals surface area contributed by atoms with E-state index in [1.165, 1.54) is 30.4 Å². The van der Waals surface area contributed by atoms with Crippen LogP contribution in [0.2, 0.25) is 0 Å². The molecule has 9 nitrogen and oxygen atoms in total. The van der Waals surface area contributed by atoms with Gasteiger partial charge in [0.1, 0.15) is 11.5 Å². The van der Waals surface area contributed by atoms with E-state index in [0.717, 1.165) is 71.1 Å². The van der Waals surface area contributed by atoms with E-state index in [9.17, 15) is 0 Å². The lowest BCUT2D eigenvalue weighted by Gasteiger charge is -2.41. The van der Waals surface area contributed by atoms with Crippen LogP contribution in [0.4, 0.5) is 0 Å². The Balaban J connectivity index is 0.000000174. The van der Waals surface area contributed by atoms with Gasteiger partial charge in [-0.05, 0) is 209 Å². The van der Waals surface area contributed by atoms with Gasteiger partial charge in [-0.2, -0.15) is 0 Å². The van der Waals surface area contributed by atoms with Gasteiger partial charge in [-0.25, -0.2) is 19.9 Å². The minimum Gasteiger partial charge on any atom is -0.438 e. The second-order valence-corrected chi connectivity index (χ2v) is 31.9. The molecule has 0 saturated carbocycles. The molecule has 0 saturated heterocycles. The van der Waals surface area contributed by atoms with Gasteiger partial charge in [0.05, 0.1) is 43.3 Å². The monoisotopic (exact) mass is 1410 g/mol. The predicted octanol–water partition coefficient (Wildman–Crippen LogP) is 25.4. The lowest BCUT2D eigenvalue weighted by molar-refractivity contribution is 0.305. The van der Waals surface area contributed by atoms with Crippen LogP contribution in [0.5, 0.6) is 23.3 Å². The normalized spacial score (nSPS) is 18.0. The number of rotatable bonds is 7. The SMILES string of the molecule is [2H]C([2H])([2H])c1ccc(-c2c(C(C)(C)C)ccc3c2Oc2ncccc2C(C)(C)C3(C)C)cc1-c1cc(-n2c3ccccc3n3c4ccccc4nc23)ccc1C([2H])([2H])[2H].[2H]C([2H])([2H])c1ccc(-c2c(C([2H])([2H])[2H])ccc3c2Oc2ncccc2C(C)(C)C3(C)C)cc1-c1cc(-c2c(C([2H])([2H])C)ccc3c2sc2nc4ccccc4n23)ccc1C([2H])([2H])[2H]. The molecule has 10 heteroatoms. The van der Waals surface area contributed by atoms with E-state index in [0.29, 0.717) is 78.4 Å². The largest absolute Gasteiger partial charge is 0.438 e. The number of imidazole rings is 3. The number of aryl methyl sites for hydroxylation is 6. The van der Waals surface area contributed by atoms with Crippen molar-refractivity contribution in [1.82, 2.24) is 33.3 Å². The van der Waals surface area contributed by atoms with E-state index in [1.807, 2.05) is 118 Å². The van der Waals surface area contributed by atoms with Crippen LogP contribution in [0.15, 0.2) is 219 Å². The molecule has 0 fully saturated rings. The summed E-state index contributed by atoms with van der Waals surface area (Å²) >= 11 is 1.38. The van der Waals surface area contributed by atoms with Crippen molar-refractivity contribution < 1.29 is 32.8 Å². The van der Waals surface area contributed by atoms with Gasteiger partial charge in [-0.3, -0.25) is 13.4 Å². The molecule has 2 aliphatic heterocycles. The molecule has 16 aromatic rings. The van der Waals surface area contributed by atoms with Crippen LogP contribution < -0.4 is 9.47 Å². The molecule has 522 valence electrons. The van der Waals surface area contributed by atoms with Crippen molar-refractivity contribution >= 4 is 65.4 Å². The van der Waals surface area contributed by atoms with Crippen molar-refractivity contribution in [3.63, 3.8) is 0 Å². The summed E-state index contributed by atoms with van der Waals surface area (Å²) in [5, 5.41) is 0. The first-order valence-electron chi connectivity index (χ1n) is 43.9. The van der Waals surface area contributed by atoms with E-state index < -0.39 is 56.9 Å². The van der Waals surface area contributed by atoms with Gasteiger partial charge in [-0.1, -0.05) is 216 Å². The molecule has 10 aromatic carbocycles. The van der Waals surface area contributed by atoms with Gasteiger partial charge >= 0.3 is 0 Å². The first-order chi connectivity index (χ1) is 57.0. The maximum atomic E-state index is 8.95. The van der Waals surface area contributed by atoms with Crippen LogP contribution >= 0.6 is 11.3 Å². The number of pyridine rings is 2. The van der Waals surface area contributed by atoms with E-state index >= 15 is 0 Å². The number of hydrogen-bond acceptors (Lipinski definition) is 7. The molecule has 6 aromatic heterocycles. The smallest absolute Gasteiger partial charge is 0.223 e. The molecule has 18 rings (SSSR count). The maximum Gasteiger partial charge on any atom is 0.223 e. The molecule has 0 spiro atoms. The van der Waals surface area contributed by atoms with Crippen LogP contribution in [0.1, 0.15) is 168 Å². The molecule has 0 unspecified atom stereocenters. The van der Waals surface area contributed by atoms with Crippen molar-refractivity contribution in [1.29, 1.82) is 0 Å². The Morgan fingerprint density at radius 1 is 0.429 bits per heavy atom. The molecule has 0 bridgehead atoms. The Morgan fingerprint density at radius 2 is 0.895 bits per heavy atom. The van der Waals surface area contributed by atoms with E-state index in [-0.39, 0.29) is 61.1 Å². The number of hydrogen-bond donors (Lipinski definition) is 0. The maximum absolute atomic E-state index is 8.95. The molecule has 0 radical (unpaired) electrons. The van der Waals surface area contributed by atoms with Crippen molar-refractivity contribution in [2.45, 2.75) is 151 Å². The standard InChI is InChI=1S/C48H46N4O.C47H43N3OS/c1-29-20-22-31(42-35(46(3,4)5)24-25-36-43(42)53-44-37(15-14-26-49-44)48(8,9)47(36,6)7)27-33(29)34-28-32(23-21-30(34)2)51-40-18-12-13-19-41(40)52-39-17-11-10-16-38(39)50-45(51)52;1-9-30-21-23-39-43(52-45-49-37-14-10-11-15-38(37)50(39)45)41(30)32-20-17-28(3)34(26-32)33-25-31(19-16-27(33)2)40-29(4)18-22-35-42(40)51-44-36(13-12-24-48-44)47(7,8)46(35,5)6/h10-28H,1-9H3;10-26H,9H2,1-8H3/i1D3,2D3;2D3,3D3,4D3,9D2. The average Bonchev–Trinajstić information content (AvgIpc) is 1.58. The Labute approximate surface area is 643 Å². The lowest BCUT2D eigenvalue weighted by atomic mass is 9.61. The summed E-state index contributed by atoms with van der Waals surface area (Å²) in [6.07, 6.45) is 1.50. The summed E-state index contributed by atoms with van der Waals surface area (Å²) in [5.74, 6) is 2.39. The molecule has 0 atom stereocenters. The first kappa shape index (κ1) is 50.5. The third-order valence-corrected chi connectivity index (χ3v) is 24.2. The minimum absolute atomic E-state index is 0.0386. The van der Waals surface area contributed by atoms with Crippen molar-refractivity contribution in [2.75, 3.05) is 0 Å². The number of thiazole rings is 1. The first-order valence-corrected chi connectivity index (χ1v) is 36.2. The van der Waals surface area contributed by atoms with Crippen LogP contribution in [-0.2, 0) is 33.4 Å². The summed E-state index contributed by atoms with van der Waals surface area (Å²) in [6.45, 7) is 11.8. The molecule has 8 heterocycles. The van der Waals surface area contributed by atoms with E-state index in [2.05, 4.69) is 104 Å². The summed E-state index contributed by atoms with van der Waals surface area (Å²) in [5.41, 5.74) is 12.7. The average molecular weight is 1410 g/mol. The third-order valence-electron chi connectivity index (χ3n) is 23.1. The molecule has 0 aliphatic carbocycles. The van der Waals surface area contributed by atoms with E-state index in [4.69, 9.17) is 47.7 Å². The topological polar surface area (TPSA) is 83.8 Å². The number of benzene rings is 10. The second kappa shape index (κ2) is 24.3. The van der Waals surface area contributed by atoms with Crippen molar-refractivity contribution in [3.8, 4) is 84.6 Å². The Kier molecular flexibility index (Phi) is 11.7. The second-order valence-electron chi connectivity index (χ2n) is 30.9. The zero-order chi connectivity index (χ0) is 87.4. The van der Waals surface area contributed by atoms with Crippen LogP contribution in [0, 0.1) is 34.3 Å². The van der Waals surface area contributed by atoms with E-state index in [1.54, 1.807) is 79.1 Å². The van der Waals surface area contributed by atoms with Gasteiger partial charge in [0.25, 0.3) is 0 Å². The molecule has 0 N–H and O–H groups in total. The van der Waals surface area contributed by atoms with Crippen molar-refractivity contribution in [2.24, 2.45) is 0 Å². The fourth-order valence-electron chi connectivity index (χ4n) is 16.0. The minimum atomic E-state index is -2.74. The van der Waals surface area contributed by atoms with Gasteiger partial charge in [0, 0.05) is 102 Å². The highest BCUT2D eigenvalue weighted by atomic mass is 32.1. The Bertz CT molecular complexity index is 7000. The number of aromatic nitrogens is 7. The van der Waals surface area contributed by atoms with Gasteiger partial charge in [0.15, 0.2) is 4.96 Å². The molecule has 2 aliphatic rings. The number of ether oxygens (including phenoxy) is 2. The van der Waals surface area contributed by atoms with Crippen LogP contribution in [-0.4, -0.2) is 33.3 Å². The fraction of sp³-hybridized carbons (Fsp3) is 0.242. The lowest BCUT2D eigenvalue weighted by Crippen LogP contribution is -2.39. The summed E-state index contributed by atoms with van der Waals surface area (Å²) in [6, 6.07) is 62.4. The predicted molar refractivity (Wildman–Crippen MR) is 437 cm³/mol. The zero-order valence-electron chi connectivity index (χ0n) is 77.6. The van der Waals surface area contributed by atoms with Gasteiger partial charge in [-0.15, -0.1) is 0 Å². The number of para-hydroxylation sites is 6. The summed E-state index contributed by atoms with van der Waals surface area (Å²) < 4.78 is 170. The molecule has 0 amide bonds. The third kappa shape index (κ3) is 10.3. The van der Waals surface area contributed by atoms with Crippen LogP contribution in [0.3, 0.4) is 0 Å². The highest BCUT2D eigenvalue weighted by Crippen LogP contribution is 2.58. The molecule has 105 heavy (non-hydrogen) atoms. The van der Waals surface area contributed by atoms with Gasteiger partial charge in [0.2, 0.25) is 17.5 Å². The fourth-order valence-corrected chi connectivity index (χ4v) is 17.2. The van der Waals surface area contributed by atoms with Crippen LogP contribution in [0.25, 0.3) is 115 Å². The molecular weight excluding hydrogens is 1300 g/mol. The Hall–Kier alpha value is -10.9.